The fourth-order valence-corrected chi connectivity index (χ4v) is 3.18. The maximum absolute atomic E-state index is 12.2. The Kier molecular flexibility index (Phi) is 7.21. The molecular weight excluding hydrogens is 386 g/mol. The smallest absolute Gasteiger partial charge is 0.283 e. The van der Waals surface area contributed by atoms with Gasteiger partial charge >= 0.3 is 0 Å². The second-order valence-corrected chi connectivity index (χ2v) is 6.56. The van der Waals surface area contributed by atoms with Gasteiger partial charge in [-0.05, 0) is 30.3 Å². The van der Waals surface area contributed by atoms with Crippen molar-refractivity contribution in [3.63, 3.8) is 0 Å². The Morgan fingerprint density at radius 1 is 1.18 bits per heavy atom. The van der Waals surface area contributed by atoms with Crippen molar-refractivity contribution in [3.8, 4) is 11.5 Å². The average molecular weight is 405 g/mol. The molecule has 0 spiro atoms. The van der Waals surface area contributed by atoms with E-state index in [9.17, 15) is 19.7 Å². The van der Waals surface area contributed by atoms with Crippen LogP contribution >= 0.6 is 11.8 Å². The van der Waals surface area contributed by atoms with Gasteiger partial charge in [0.2, 0.25) is 11.8 Å². The zero-order valence-corrected chi connectivity index (χ0v) is 16.1. The molecule has 10 heteroatoms. The number of benzene rings is 2. The van der Waals surface area contributed by atoms with Crippen LogP contribution in [0.4, 0.5) is 5.69 Å². The van der Waals surface area contributed by atoms with Crippen molar-refractivity contribution in [1.29, 1.82) is 0 Å². The summed E-state index contributed by atoms with van der Waals surface area (Å²) in [5.41, 5.74) is 5.63. The van der Waals surface area contributed by atoms with E-state index in [1.807, 2.05) is 0 Å². The molecule has 148 valence electrons. The first kappa shape index (κ1) is 21.0. The number of nitrogens with zero attached hydrogens (tertiary/aromatic N) is 1. The van der Waals surface area contributed by atoms with Crippen LogP contribution in [0.1, 0.15) is 15.9 Å². The van der Waals surface area contributed by atoms with Gasteiger partial charge in [0, 0.05) is 23.7 Å². The number of carbonyl (C=O) groups excluding carboxylic acids is 2. The monoisotopic (exact) mass is 405 g/mol. The molecule has 2 aromatic rings. The molecule has 0 aliphatic heterocycles. The summed E-state index contributed by atoms with van der Waals surface area (Å²) < 4.78 is 10.4. The molecule has 0 heterocycles. The summed E-state index contributed by atoms with van der Waals surface area (Å²) in [7, 11) is 3.06. The minimum Gasteiger partial charge on any atom is -0.497 e. The van der Waals surface area contributed by atoms with Crippen LogP contribution in [0.2, 0.25) is 0 Å². The molecule has 28 heavy (non-hydrogen) atoms. The number of ether oxygens (including phenoxy) is 2. The van der Waals surface area contributed by atoms with Crippen LogP contribution in [0.5, 0.6) is 11.5 Å². The van der Waals surface area contributed by atoms with Gasteiger partial charge in [0.25, 0.3) is 5.69 Å². The third-order valence-corrected chi connectivity index (χ3v) is 4.83. The number of thioether (sulfide) groups is 1. The Labute approximate surface area is 165 Å². The number of nitrogens with two attached hydrogens (primary N) is 1. The highest BCUT2D eigenvalue weighted by molar-refractivity contribution is 8.00. The van der Waals surface area contributed by atoms with Crippen LogP contribution in [0, 0.1) is 10.1 Å². The summed E-state index contributed by atoms with van der Waals surface area (Å²) in [6.45, 7) is 0.211. The fraction of sp³-hybridized carbons (Fsp3) is 0.222. The van der Waals surface area contributed by atoms with E-state index in [2.05, 4.69) is 5.32 Å². The van der Waals surface area contributed by atoms with Crippen molar-refractivity contribution in [1.82, 2.24) is 5.32 Å². The molecule has 2 amide bonds. The highest BCUT2D eigenvalue weighted by Gasteiger charge is 2.18. The van der Waals surface area contributed by atoms with E-state index < -0.39 is 10.8 Å². The maximum Gasteiger partial charge on any atom is 0.283 e. The largest absolute Gasteiger partial charge is 0.497 e. The number of amides is 2. The molecular formula is C18H19N3O6S. The van der Waals surface area contributed by atoms with Gasteiger partial charge in [-0.15, -0.1) is 11.8 Å². The van der Waals surface area contributed by atoms with Gasteiger partial charge in [0.15, 0.2) is 0 Å². The zero-order chi connectivity index (χ0) is 20.7. The van der Waals surface area contributed by atoms with Crippen LogP contribution in [0.25, 0.3) is 0 Å². The second kappa shape index (κ2) is 9.60. The predicted molar refractivity (Wildman–Crippen MR) is 104 cm³/mol. The SMILES string of the molecule is COc1ccc(OC)c(CNC(=O)CSc2ccc(C(N)=O)cc2[N+](=O)[O-])c1. The van der Waals surface area contributed by atoms with Crippen molar-refractivity contribution in [2.45, 2.75) is 11.4 Å². The molecule has 2 aromatic carbocycles. The number of nitro benzene ring substituents is 1. The lowest BCUT2D eigenvalue weighted by Crippen LogP contribution is -2.24. The molecule has 0 unspecified atom stereocenters. The fourth-order valence-electron chi connectivity index (χ4n) is 2.34. The van der Waals surface area contributed by atoms with E-state index >= 15 is 0 Å². The van der Waals surface area contributed by atoms with E-state index in [0.717, 1.165) is 23.4 Å². The van der Waals surface area contributed by atoms with Gasteiger partial charge in [0.05, 0.1) is 29.8 Å². The molecule has 2 rings (SSSR count). The number of hydrogen-bond donors (Lipinski definition) is 2. The number of nitro groups is 1. The van der Waals surface area contributed by atoms with Crippen molar-refractivity contribution in [2.75, 3.05) is 20.0 Å². The summed E-state index contributed by atoms with van der Waals surface area (Å²) in [5, 5.41) is 13.9. The van der Waals surface area contributed by atoms with Crippen LogP contribution in [0.3, 0.4) is 0 Å². The molecule has 0 bridgehead atoms. The number of primary amides is 1. The molecule has 0 atom stereocenters. The van der Waals surface area contributed by atoms with Gasteiger partial charge in [-0.25, -0.2) is 0 Å². The number of rotatable bonds is 9. The summed E-state index contributed by atoms with van der Waals surface area (Å²) in [5.74, 6) is 0.118. The third-order valence-electron chi connectivity index (χ3n) is 3.76. The molecule has 0 radical (unpaired) electrons. The Morgan fingerprint density at radius 3 is 2.54 bits per heavy atom. The highest BCUT2D eigenvalue weighted by Crippen LogP contribution is 2.30. The minimum atomic E-state index is -0.760. The van der Waals surface area contributed by atoms with E-state index in [4.69, 9.17) is 15.2 Å². The molecule has 0 saturated carbocycles. The van der Waals surface area contributed by atoms with Gasteiger partial charge in [0.1, 0.15) is 11.5 Å². The number of nitrogens with one attached hydrogen (secondary N) is 1. The zero-order valence-electron chi connectivity index (χ0n) is 15.3. The first-order valence-electron chi connectivity index (χ1n) is 8.04. The summed E-state index contributed by atoms with van der Waals surface area (Å²) in [6.07, 6.45) is 0. The minimum absolute atomic E-state index is 0.0330. The first-order valence-corrected chi connectivity index (χ1v) is 9.03. The topological polar surface area (TPSA) is 134 Å². The average Bonchev–Trinajstić information content (AvgIpc) is 2.69. The number of hydrogen-bond acceptors (Lipinski definition) is 7. The maximum atomic E-state index is 12.2. The molecule has 9 nitrogen and oxygen atoms in total. The predicted octanol–water partition coefficient (Wildman–Crippen LogP) is 2.12. The molecule has 0 aliphatic carbocycles. The Hall–Kier alpha value is -3.27. The molecule has 0 aromatic heterocycles. The van der Waals surface area contributed by atoms with Crippen LogP contribution < -0.4 is 20.5 Å². The van der Waals surface area contributed by atoms with Crippen molar-refractivity contribution in [3.05, 3.63) is 57.6 Å². The normalized spacial score (nSPS) is 10.2. The van der Waals surface area contributed by atoms with E-state index in [1.54, 1.807) is 18.2 Å². The molecule has 0 saturated heterocycles. The van der Waals surface area contributed by atoms with E-state index in [-0.39, 0.29) is 34.4 Å². The molecule has 0 aliphatic rings. The summed E-state index contributed by atoms with van der Waals surface area (Å²) in [4.78, 5) is 34.2. The summed E-state index contributed by atoms with van der Waals surface area (Å²) in [6, 6.07) is 9.12. The van der Waals surface area contributed by atoms with Crippen LogP contribution in [-0.2, 0) is 11.3 Å². The summed E-state index contributed by atoms with van der Waals surface area (Å²) >= 11 is 0.995. The lowest BCUT2D eigenvalue weighted by Gasteiger charge is -2.11. The second-order valence-electron chi connectivity index (χ2n) is 5.55. The standard InChI is InChI=1S/C18H19N3O6S/c1-26-13-4-5-15(27-2)12(7-13)9-20-17(22)10-28-16-6-3-11(18(19)23)8-14(16)21(24)25/h3-8H,9-10H2,1-2H3,(H2,19,23)(H,20,22). The van der Waals surface area contributed by atoms with Crippen molar-refractivity contribution in [2.24, 2.45) is 5.73 Å². The van der Waals surface area contributed by atoms with Gasteiger partial charge in [-0.1, -0.05) is 0 Å². The lowest BCUT2D eigenvalue weighted by atomic mass is 10.2. The third kappa shape index (κ3) is 5.36. The first-order chi connectivity index (χ1) is 13.3. The van der Waals surface area contributed by atoms with Gasteiger partial charge in [-0.2, -0.15) is 0 Å². The van der Waals surface area contributed by atoms with Gasteiger partial charge in [-0.3, -0.25) is 19.7 Å². The quantitative estimate of drug-likeness (QED) is 0.371. The number of methoxy groups -OCH3 is 2. The van der Waals surface area contributed by atoms with Crippen molar-refractivity contribution < 1.29 is 24.0 Å². The number of carbonyl (C=O) groups is 2. The van der Waals surface area contributed by atoms with E-state index in [1.165, 1.54) is 26.4 Å². The van der Waals surface area contributed by atoms with Crippen LogP contribution in [0.15, 0.2) is 41.3 Å². The van der Waals surface area contributed by atoms with E-state index in [0.29, 0.717) is 11.5 Å². The Balaban J connectivity index is 2.01. The van der Waals surface area contributed by atoms with Crippen LogP contribution in [-0.4, -0.2) is 36.7 Å². The Bertz CT molecular complexity index is 903. The molecule has 3 N–H and O–H groups in total. The van der Waals surface area contributed by atoms with Crippen molar-refractivity contribution >= 4 is 29.3 Å². The lowest BCUT2D eigenvalue weighted by molar-refractivity contribution is -0.387. The highest BCUT2D eigenvalue weighted by atomic mass is 32.2. The van der Waals surface area contributed by atoms with Gasteiger partial charge < -0.3 is 20.5 Å². The molecule has 0 fully saturated rings. The Morgan fingerprint density at radius 2 is 1.93 bits per heavy atom.